The van der Waals surface area contributed by atoms with Crippen LogP contribution in [0.2, 0.25) is 0 Å². The van der Waals surface area contributed by atoms with Gasteiger partial charge in [-0.15, -0.1) is 0 Å². The molecule has 0 saturated heterocycles. The van der Waals surface area contributed by atoms with Gasteiger partial charge >= 0.3 is 11.9 Å². The number of benzene rings is 3. The number of nitrogens with two attached hydrogens (primary N) is 2. The Bertz CT molecular complexity index is 2430. The van der Waals surface area contributed by atoms with Crippen LogP contribution < -0.4 is 43.6 Å². The first kappa shape index (κ1) is 49.1. The first-order chi connectivity index (χ1) is 30.4. The first-order valence-corrected chi connectivity index (χ1v) is 20.7. The molecule has 0 fully saturated rings. The van der Waals surface area contributed by atoms with Gasteiger partial charge in [0.25, 0.3) is 17.4 Å². The van der Waals surface area contributed by atoms with Gasteiger partial charge in [0.1, 0.15) is 29.9 Å². The second-order valence-electron chi connectivity index (χ2n) is 15.7. The van der Waals surface area contributed by atoms with E-state index in [2.05, 4.69) is 31.6 Å². The molecule has 0 aliphatic rings. The van der Waals surface area contributed by atoms with Crippen molar-refractivity contribution in [3.63, 3.8) is 0 Å². The fraction of sp³-hybridized carbons (Fsp3) is 0.356. The molecule has 5 atom stereocenters. The Morgan fingerprint density at radius 2 is 1.31 bits per heavy atom. The van der Waals surface area contributed by atoms with E-state index in [0.29, 0.717) is 12.1 Å². The average Bonchev–Trinajstić information content (AvgIpc) is 3.24. The summed E-state index contributed by atoms with van der Waals surface area (Å²) in [5.74, 6) is -7.61. The molecule has 4 rings (SSSR count). The number of aliphatic carboxylic acids is 2. The van der Waals surface area contributed by atoms with E-state index in [-0.39, 0.29) is 54.5 Å². The van der Waals surface area contributed by atoms with Gasteiger partial charge in [-0.1, -0.05) is 64.4 Å². The number of aromatic nitrogens is 1. The van der Waals surface area contributed by atoms with Crippen LogP contribution in [0.25, 0.3) is 10.8 Å². The Hall–Kier alpha value is -7.57. The summed E-state index contributed by atoms with van der Waals surface area (Å²) < 4.78 is 1.07. The van der Waals surface area contributed by atoms with Crippen molar-refractivity contribution in [2.45, 2.75) is 84.0 Å². The van der Waals surface area contributed by atoms with Crippen LogP contribution in [0.15, 0.2) is 94.8 Å². The van der Waals surface area contributed by atoms with E-state index in [1.54, 1.807) is 33.8 Å². The summed E-state index contributed by atoms with van der Waals surface area (Å²) in [5.41, 5.74) is 10.8. The minimum Gasteiger partial charge on any atom is -0.481 e. The van der Waals surface area contributed by atoms with Gasteiger partial charge in [-0.3, -0.25) is 38.6 Å². The van der Waals surface area contributed by atoms with E-state index in [0.717, 1.165) is 15.3 Å². The van der Waals surface area contributed by atoms with Crippen LogP contribution >= 0.6 is 0 Å². The highest BCUT2D eigenvalue weighted by molar-refractivity contribution is 6.07. The summed E-state index contributed by atoms with van der Waals surface area (Å²) in [5, 5.41) is 34.1. The lowest BCUT2D eigenvalue weighted by Gasteiger charge is -2.28. The second-order valence-corrected chi connectivity index (χ2v) is 15.7. The molecule has 19 nitrogen and oxygen atoms in total. The standard InChI is InChI=1S/C45H55N9O10/c1-5-26(4)37(42(61)52-34(24-36(55)56)41(60)50-32(12-8-20-48-45(46)47)40(59)53-35(44(63)64)22-25(2)3)54-21-9-13-33(43(54)62)51-39(58)29-16-14-28(15-17-29)38(57)49-31-19-18-27-10-6-7-11-30(27)23-31/h6-7,9-11,13-19,21,23,25-26,32,34-35,37H,5,8,12,20,22,24H2,1-4H3,(H,49,57)(H,50,60)(H,51,58)(H,52,61)(H,53,59)(H,55,56)(H,63,64)(H4,46,47,48)/t26?,32-,34+,35+,37?/m1/s1. The van der Waals surface area contributed by atoms with Crippen molar-refractivity contribution >= 4 is 69.6 Å². The van der Waals surface area contributed by atoms with Crippen LogP contribution in [-0.4, -0.2) is 86.9 Å². The molecule has 2 unspecified atom stereocenters. The molecule has 1 heterocycles. The van der Waals surface area contributed by atoms with Gasteiger partial charge in [0, 0.05) is 29.6 Å². The highest BCUT2D eigenvalue weighted by Crippen LogP contribution is 2.23. The number of fused-ring (bicyclic) bond motifs is 1. The van der Waals surface area contributed by atoms with Crippen molar-refractivity contribution in [1.82, 2.24) is 20.5 Å². The Morgan fingerprint density at radius 3 is 1.91 bits per heavy atom. The number of nitrogens with zero attached hydrogens (tertiary/aromatic N) is 2. The Labute approximate surface area is 369 Å². The third kappa shape index (κ3) is 14.0. The van der Waals surface area contributed by atoms with Crippen LogP contribution in [0.1, 0.15) is 86.6 Å². The highest BCUT2D eigenvalue weighted by Gasteiger charge is 2.34. The molecule has 5 amide bonds. The van der Waals surface area contributed by atoms with E-state index in [4.69, 9.17) is 11.5 Å². The minimum atomic E-state index is -1.76. The first-order valence-electron chi connectivity index (χ1n) is 20.7. The van der Waals surface area contributed by atoms with Crippen molar-refractivity contribution in [3.8, 4) is 0 Å². The summed E-state index contributed by atoms with van der Waals surface area (Å²) in [6, 6.07) is 16.0. The number of pyridine rings is 1. The maximum atomic E-state index is 14.1. The maximum absolute atomic E-state index is 14.1. The number of carbonyl (C=O) groups excluding carboxylic acids is 5. The zero-order valence-corrected chi connectivity index (χ0v) is 36.0. The van der Waals surface area contributed by atoms with Crippen molar-refractivity contribution in [1.29, 1.82) is 0 Å². The number of anilines is 2. The average molecular weight is 882 g/mol. The second kappa shape index (κ2) is 23.0. The lowest BCUT2D eigenvalue weighted by atomic mass is 9.97. The molecule has 0 spiro atoms. The summed E-state index contributed by atoms with van der Waals surface area (Å²) in [6.45, 7) is 7.00. The number of rotatable bonds is 22. The number of nitrogens with one attached hydrogen (secondary N) is 5. The highest BCUT2D eigenvalue weighted by atomic mass is 16.4. The van der Waals surface area contributed by atoms with Gasteiger partial charge in [0.15, 0.2) is 5.96 Å². The Kier molecular flexibility index (Phi) is 17.7. The van der Waals surface area contributed by atoms with Gasteiger partial charge in [0.05, 0.1) is 6.42 Å². The predicted molar refractivity (Wildman–Crippen MR) is 241 cm³/mol. The molecule has 0 bridgehead atoms. The van der Waals surface area contributed by atoms with Crippen LogP contribution in [0.5, 0.6) is 0 Å². The number of guanidine groups is 1. The summed E-state index contributed by atoms with van der Waals surface area (Å²) in [6.07, 6.45) is 0.872. The zero-order chi connectivity index (χ0) is 47.1. The van der Waals surface area contributed by atoms with Crippen molar-refractivity contribution in [2.24, 2.45) is 28.3 Å². The predicted octanol–water partition coefficient (Wildman–Crippen LogP) is 3.21. The molecular formula is C45H55N9O10. The van der Waals surface area contributed by atoms with Crippen LogP contribution in [0.3, 0.4) is 0 Å². The molecular weight excluding hydrogens is 827 g/mol. The summed E-state index contributed by atoms with van der Waals surface area (Å²) in [4.78, 5) is 109. The van der Waals surface area contributed by atoms with Gasteiger partial charge in [-0.25, -0.2) is 4.79 Å². The number of amides is 5. The molecule has 4 aromatic rings. The molecule has 64 heavy (non-hydrogen) atoms. The number of carboxylic acid groups (broad SMARTS) is 2. The molecule has 1 aromatic heterocycles. The van der Waals surface area contributed by atoms with E-state index in [1.165, 1.54) is 42.6 Å². The smallest absolute Gasteiger partial charge is 0.326 e. The van der Waals surface area contributed by atoms with Crippen molar-refractivity contribution in [2.75, 3.05) is 17.2 Å². The zero-order valence-electron chi connectivity index (χ0n) is 36.0. The van der Waals surface area contributed by atoms with E-state index < -0.39 is 83.5 Å². The fourth-order valence-corrected chi connectivity index (χ4v) is 6.80. The molecule has 11 N–H and O–H groups in total. The van der Waals surface area contributed by atoms with Gasteiger partial charge in [0.2, 0.25) is 17.7 Å². The molecule has 19 heteroatoms. The Morgan fingerprint density at radius 1 is 0.719 bits per heavy atom. The third-order valence-corrected chi connectivity index (χ3v) is 10.3. The van der Waals surface area contributed by atoms with Crippen LogP contribution in [0.4, 0.5) is 11.4 Å². The maximum Gasteiger partial charge on any atom is 0.326 e. The minimum absolute atomic E-state index is 0.0504. The fourth-order valence-electron chi connectivity index (χ4n) is 6.80. The molecule has 0 radical (unpaired) electrons. The largest absolute Gasteiger partial charge is 0.481 e. The number of hydrogen-bond donors (Lipinski definition) is 9. The van der Waals surface area contributed by atoms with E-state index in [9.17, 15) is 48.6 Å². The van der Waals surface area contributed by atoms with Crippen LogP contribution in [0, 0.1) is 11.8 Å². The SMILES string of the molecule is CCC(C)C(C(=O)N[C@@H](CC(=O)O)C(=O)N[C@H](CCCN=C(N)N)C(=O)N[C@@H](CC(C)C)C(=O)O)n1cccc(NC(=O)c2ccc(C(=O)Nc3ccc4ccccc4c3)cc2)c1=O. The topological polar surface area (TPSA) is 306 Å². The van der Waals surface area contributed by atoms with Gasteiger partial charge < -0.3 is 52.8 Å². The monoisotopic (exact) mass is 881 g/mol. The van der Waals surface area contributed by atoms with Crippen molar-refractivity contribution < 1.29 is 43.8 Å². The number of carbonyl (C=O) groups is 7. The number of hydrogen-bond acceptors (Lipinski definition) is 9. The molecule has 340 valence electrons. The summed E-state index contributed by atoms with van der Waals surface area (Å²) >= 11 is 0. The van der Waals surface area contributed by atoms with Crippen molar-refractivity contribution in [3.05, 3.63) is 107 Å². The molecule has 0 aliphatic heterocycles. The lowest BCUT2D eigenvalue weighted by Crippen LogP contribution is -2.57. The molecule has 3 aromatic carbocycles. The molecule has 0 aliphatic carbocycles. The normalized spacial score (nSPS) is 13.3. The summed E-state index contributed by atoms with van der Waals surface area (Å²) in [7, 11) is 0. The van der Waals surface area contributed by atoms with Gasteiger partial charge in [-0.2, -0.15) is 0 Å². The molecule has 0 saturated carbocycles. The number of carboxylic acids is 2. The van der Waals surface area contributed by atoms with Crippen LogP contribution in [-0.2, 0) is 24.0 Å². The third-order valence-electron chi connectivity index (χ3n) is 10.3. The number of aliphatic imine (C=N–C) groups is 1. The van der Waals surface area contributed by atoms with E-state index in [1.807, 2.05) is 36.4 Å². The van der Waals surface area contributed by atoms with Gasteiger partial charge in [-0.05, 0) is 90.4 Å². The van der Waals surface area contributed by atoms with E-state index >= 15 is 0 Å². The lowest BCUT2D eigenvalue weighted by molar-refractivity contribution is -0.143. The Balaban J connectivity index is 1.52. The quantitative estimate of drug-likeness (QED) is 0.0312.